The lowest BCUT2D eigenvalue weighted by Gasteiger charge is -2.29. The van der Waals surface area contributed by atoms with Gasteiger partial charge in [0.1, 0.15) is 0 Å². The SMILES string of the molecule is C=CN(C=O)C(=O)c1ccc(C2=NO[C@@](c3cc(Cl)c(F)c(Cl)c3)(C(F)(F)F)C2)cc1C.CCC1=NOC(N(C=O)C(=O)c2ccc(C3=NO[C@@](c4cc(Cl)c(F)c(Cl)c4)(C(F)(F)F)C3)cc2C)C1. The summed E-state index contributed by atoms with van der Waals surface area (Å²) < 4.78 is 113. The zero-order valence-electron chi connectivity index (χ0n) is 35.7. The molecule has 3 heterocycles. The topological polar surface area (TPSA) is 140 Å². The van der Waals surface area contributed by atoms with Gasteiger partial charge in [0.25, 0.3) is 23.0 Å². The fraction of sp³-hybridized carbons (Fsp3) is 0.267. The number of alkyl halides is 6. The summed E-state index contributed by atoms with van der Waals surface area (Å²) in [5.41, 5.74) is -4.73. The van der Waals surface area contributed by atoms with Crippen molar-refractivity contribution in [2.24, 2.45) is 15.5 Å². The van der Waals surface area contributed by atoms with Crippen LogP contribution in [0.5, 0.6) is 0 Å². The fourth-order valence-corrected chi connectivity index (χ4v) is 8.30. The van der Waals surface area contributed by atoms with Crippen LogP contribution in [0.25, 0.3) is 0 Å². The van der Waals surface area contributed by atoms with E-state index in [0.717, 1.165) is 40.3 Å². The molecular formula is C45H33Cl4F8N5O7. The van der Waals surface area contributed by atoms with Crippen LogP contribution in [-0.4, -0.2) is 70.1 Å². The van der Waals surface area contributed by atoms with Crippen LogP contribution in [0.15, 0.2) is 88.9 Å². The second-order valence-electron chi connectivity index (χ2n) is 15.4. The first-order valence-corrected chi connectivity index (χ1v) is 21.4. The maximum absolute atomic E-state index is 14.3. The fourth-order valence-electron chi connectivity index (χ4n) is 7.33. The van der Waals surface area contributed by atoms with Crippen molar-refractivity contribution in [2.45, 2.75) is 76.2 Å². The van der Waals surface area contributed by atoms with Crippen LogP contribution < -0.4 is 0 Å². The molecule has 0 aromatic heterocycles. The Morgan fingerprint density at radius 3 is 1.46 bits per heavy atom. The molecule has 1 unspecified atom stereocenters. The number of halogens is 12. The Hall–Kier alpha value is -6.09. The number of hydrogen-bond donors (Lipinski definition) is 0. The van der Waals surface area contributed by atoms with Crippen molar-refractivity contribution in [3.05, 3.63) is 150 Å². The van der Waals surface area contributed by atoms with Gasteiger partial charge in [-0.1, -0.05) is 87.5 Å². The highest BCUT2D eigenvalue weighted by atomic mass is 35.5. The summed E-state index contributed by atoms with van der Waals surface area (Å²) in [6.45, 7) is 8.34. The minimum atomic E-state index is -4.96. The van der Waals surface area contributed by atoms with Crippen molar-refractivity contribution < 1.29 is 68.8 Å². The summed E-state index contributed by atoms with van der Waals surface area (Å²) in [4.78, 5) is 64.6. The first kappa shape index (κ1) is 52.3. The van der Waals surface area contributed by atoms with Gasteiger partial charge in [0.05, 0.1) is 37.2 Å². The van der Waals surface area contributed by atoms with E-state index in [4.69, 9.17) is 60.9 Å². The molecule has 4 amide bonds. The van der Waals surface area contributed by atoms with Gasteiger partial charge in [-0.3, -0.25) is 24.1 Å². The number of nitrogens with zero attached hydrogens (tertiary/aromatic N) is 5. The van der Waals surface area contributed by atoms with Crippen LogP contribution in [0.3, 0.4) is 0 Å². The summed E-state index contributed by atoms with van der Waals surface area (Å²) in [7, 11) is 0. The molecule has 12 nitrogen and oxygen atoms in total. The lowest BCUT2D eigenvalue weighted by molar-refractivity contribution is -0.276. The van der Waals surface area contributed by atoms with E-state index in [1.54, 1.807) is 13.8 Å². The van der Waals surface area contributed by atoms with E-state index in [0.29, 0.717) is 29.7 Å². The molecule has 69 heavy (non-hydrogen) atoms. The number of oxime groups is 3. The average molecular weight is 1050 g/mol. The van der Waals surface area contributed by atoms with Gasteiger partial charge in [-0.2, -0.15) is 26.3 Å². The molecule has 0 saturated carbocycles. The molecule has 0 fully saturated rings. The predicted octanol–water partition coefficient (Wildman–Crippen LogP) is 11.9. The van der Waals surface area contributed by atoms with Crippen LogP contribution in [0.1, 0.15) is 86.7 Å². The number of carbonyl (C=O) groups is 4. The highest BCUT2D eigenvalue weighted by Crippen LogP contribution is 2.52. The van der Waals surface area contributed by atoms with E-state index in [1.807, 2.05) is 6.92 Å². The third-order valence-electron chi connectivity index (χ3n) is 11.2. The minimum Gasteiger partial charge on any atom is -0.374 e. The molecule has 364 valence electrons. The zero-order chi connectivity index (χ0) is 51.0. The van der Waals surface area contributed by atoms with Crippen molar-refractivity contribution in [3.63, 3.8) is 0 Å². The summed E-state index contributed by atoms with van der Waals surface area (Å²) in [6, 6.07) is 11.6. The second kappa shape index (κ2) is 20.1. The quantitative estimate of drug-likeness (QED) is 0.0828. The lowest BCUT2D eigenvalue weighted by Crippen LogP contribution is -2.42. The number of rotatable bonds is 11. The largest absolute Gasteiger partial charge is 0.435 e. The number of aryl methyl sites for hydroxylation is 2. The third kappa shape index (κ3) is 10.0. The number of imide groups is 2. The molecule has 3 atom stereocenters. The highest BCUT2D eigenvalue weighted by molar-refractivity contribution is 6.35. The molecule has 4 aromatic rings. The predicted molar refractivity (Wildman–Crippen MR) is 237 cm³/mol. The smallest absolute Gasteiger partial charge is 0.374 e. The first-order valence-electron chi connectivity index (χ1n) is 19.9. The third-order valence-corrected chi connectivity index (χ3v) is 12.3. The molecule has 0 spiro atoms. The Kier molecular flexibility index (Phi) is 15.2. The summed E-state index contributed by atoms with van der Waals surface area (Å²) in [6.07, 6.45) is -9.73. The van der Waals surface area contributed by atoms with Gasteiger partial charge in [0, 0.05) is 47.7 Å². The Morgan fingerprint density at radius 1 is 0.710 bits per heavy atom. The van der Waals surface area contributed by atoms with Crippen molar-refractivity contribution in [2.75, 3.05) is 0 Å². The van der Waals surface area contributed by atoms with E-state index in [-0.39, 0.29) is 46.5 Å². The van der Waals surface area contributed by atoms with Gasteiger partial charge in [0.2, 0.25) is 19.0 Å². The maximum Gasteiger partial charge on any atom is 0.435 e. The van der Waals surface area contributed by atoms with E-state index in [2.05, 4.69) is 22.0 Å². The standard InChI is InChI=1S/C24H19Cl2F4N3O4.C21H14Cl2F4N2O3/c1-3-15-9-20(36-31-15)33(11-34)22(35)16-5-4-13(6-12(16)2)19-10-23(37-32-19,24(28,29)30)14-7-17(25)21(27)18(26)8-14;1-3-29(10-30)19(31)14-5-4-12(6-11(14)2)17-9-20(32-28-17,21(25,26)27)13-7-15(22)18(24)16(23)8-13/h4-8,11,20H,3,9-10H2,1-2H3;3-8,10H,1,9H2,2H3/t20?,23-;20-/m00/s1. The molecule has 7 rings (SSSR count). The molecule has 0 radical (unpaired) electrons. The van der Waals surface area contributed by atoms with E-state index in [9.17, 15) is 54.3 Å². The summed E-state index contributed by atoms with van der Waals surface area (Å²) in [5, 5.41) is 8.76. The monoisotopic (exact) mass is 1050 g/mol. The van der Waals surface area contributed by atoms with Gasteiger partial charge in [-0.25, -0.2) is 13.7 Å². The maximum atomic E-state index is 14.3. The minimum absolute atomic E-state index is 0.0584. The normalized spacial score (nSPS) is 19.7. The van der Waals surface area contributed by atoms with E-state index >= 15 is 0 Å². The Balaban J connectivity index is 0.000000229. The molecule has 3 aliphatic rings. The molecule has 0 N–H and O–H groups in total. The number of amides is 4. The lowest BCUT2D eigenvalue weighted by atomic mass is 9.86. The van der Waals surface area contributed by atoms with E-state index in [1.165, 1.54) is 36.4 Å². The number of benzene rings is 4. The van der Waals surface area contributed by atoms with Gasteiger partial charge in [-0.05, 0) is 91.1 Å². The molecule has 3 aliphatic heterocycles. The van der Waals surface area contributed by atoms with Crippen molar-refractivity contribution in [1.29, 1.82) is 0 Å². The van der Waals surface area contributed by atoms with Gasteiger partial charge >= 0.3 is 12.4 Å². The molecule has 0 bridgehead atoms. The Bertz CT molecular complexity index is 2810. The first-order chi connectivity index (χ1) is 32.4. The van der Waals surface area contributed by atoms with Crippen molar-refractivity contribution in [3.8, 4) is 0 Å². The molecule has 0 saturated heterocycles. The summed E-state index contributed by atoms with van der Waals surface area (Å²) in [5.74, 6) is -3.40. The Morgan fingerprint density at radius 2 is 1.13 bits per heavy atom. The number of hydrogen-bond acceptors (Lipinski definition) is 10. The van der Waals surface area contributed by atoms with Gasteiger partial charge in [-0.15, -0.1) is 0 Å². The average Bonchev–Trinajstić information content (AvgIpc) is 4.08. The molecule has 4 aromatic carbocycles. The second-order valence-corrected chi connectivity index (χ2v) is 17.1. The molecule has 0 aliphatic carbocycles. The van der Waals surface area contributed by atoms with Crippen molar-refractivity contribution in [1.82, 2.24) is 9.80 Å². The number of carbonyl (C=O) groups excluding carboxylic acids is 4. The molecule has 24 heteroatoms. The highest BCUT2D eigenvalue weighted by Gasteiger charge is 2.64. The van der Waals surface area contributed by atoms with Gasteiger partial charge < -0.3 is 14.5 Å². The Labute approximate surface area is 406 Å². The van der Waals surface area contributed by atoms with Crippen LogP contribution in [-0.2, 0) is 35.3 Å². The van der Waals surface area contributed by atoms with Crippen LogP contribution in [0.2, 0.25) is 20.1 Å². The van der Waals surface area contributed by atoms with Crippen LogP contribution in [0, 0.1) is 25.5 Å². The molecular weight excluding hydrogens is 1020 g/mol. The zero-order valence-corrected chi connectivity index (χ0v) is 38.8. The van der Waals surface area contributed by atoms with Crippen molar-refractivity contribution >= 4 is 88.2 Å². The van der Waals surface area contributed by atoms with Gasteiger partial charge in [0.15, 0.2) is 11.6 Å². The van der Waals surface area contributed by atoms with Crippen LogP contribution >= 0.6 is 46.4 Å². The van der Waals surface area contributed by atoms with Crippen LogP contribution in [0.4, 0.5) is 35.1 Å². The summed E-state index contributed by atoms with van der Waals surface area (Å²) >= 11 is 22.9. The van der Waals surface area contributed by atoms with E-state index < -0.39 is 97.3 Å².